The van der Waals surface area contributed by atoms with E-state index in [9.17, 15) is 9.59 Å². The van der Waals surface area contributed by atoms with Crippen molar-refractivity contribution >= 4 is 11.8 Å². The van der Waals surface area contributed by atoms with E-state index in [0.717, 1.165) is 18.1 Å². The number of carbonyl (C=O) groups is 2. The number of aryl methyl sites for hydroxylation is 1. The van der Waals surface area contributed by atoms with Crippen molar-refractivity contribution in [2.24, 2.45) is 0 Å². The monoisotopic (exact) mass is 389 g/mol. The van der Waals surface area contributed by atoms with Crippen LogP contribution in [0.5, 0.6) is 0 Å². The van der Waals surface area contributed by atoms with Gasteiger partial charge in [-0.3, -0.25) is 9.59 Å². The summed E-state index contributed by atoms with van der Waals surface area (Å²) in [4.78, 5) is 26.8. The molecule has 0 fully saturated rings. The van der Waals surface area contributed by atoms with Crippen LogP contribution in [0.4, 0.5) is 0 Å². The normalized spacial score (nSPS) is 15.6. The Balaban J connectivity index is 1.45. The van der Waals surface area contributed by atoms with E-state index in [0.29, 0.717) is 18.7 Å². The lowest BCUT2D eigenvalue weighted by atomic mass is 10.0. The van der Waals surface area contributed by atoms with E-state index in [1.807, 2.05) is 31.2 Å². The van der Waals surface area contributed by atoms with Gasteiger partial charge in [-0.2, -0.15) is 0 Å². The van der Waals surface area contributed by atoms with Gasteiger partial charge in [0.1, 0.15) is 5.82 Å². The van der Waals surface area contributed by atoms with Crippen molar-refractivity contribution in [3.8, 4) is 0 Å². The first-order valence-electron chi connectivity index (χ1n) is 9.67. The number of fused-ring (bicyclic) bond motifs is 1. The van der Waals surface area contributed by atoms with Crippen LogP contribution in [0.15, 0.2) is 60.7 Å². The van der Waals surface area contributed by atoms with E-state index in [4.69, 9.17) is 0 Å². The summed E-state index contributed by atoms with van der Waals surface area (Å²) >= 11 is 0. The molecule has 1 aliphatic rings. The number of carbonyl (C=O) groups excluding carboxylic acids is 2. The molecule has 1 N–H and O–H groups in total. The van der Waals surface area contributed by atoms with Gasteiger partial charge in [-0.15, -0.1) is 10.2 Å². The highest BCUT2D eigenvalue weighted by Gasteiger charge is 2.30. The third-order valence-corrected chi connectivity index (χ3v) is 5.17. The quantitative estimate of drug-likeness (QED) is 0.725. The lowest BCUT2D eigenvalue weighted by Gasteiger charge is -2.34. The van der Waals surface area contributed by atoms with Gasteiger partial charge in [0.05, 0.1) is 19.1 Å². The first-order valence-corrected chi connectivity index (χ1v) is 9.67. The van der Waals surface area contributed by atoms with Crippen molar-refractivity contribution in [1.82, 2.24) is 25.0 Å². The van der Waals surface area contributed by atoms with Crippen LogP contribution >= 0.6 is 0 Å². The largest absolute Gasteiger partial charge is 0.343 e. The maximum Gasteiger partial charge on any atom is 0.251 e. The molecule has 0 saturated heterocycles. The average Bonchev–Trinajstić information content (AvgIpc) is 3.14. The summed E-state index contributed by atoms with van der Waals surface area (Å²) in [5, 5.41) is 11.2. The zero-order valence-corrected chi connectivity index (χ0v) is 16.3. The van der Waals surface area contributed by atoms with Crippen LogP contribution in [0.3, 0.4) is 0 Å². The zero-order chi connectivity index (χ0) is 20.2. The highest BCUT2D eigenvalue weighted by atomic mass is 16.2. The molecule has 29 heavy (non-hydrogen) atoms. The highest BCUT2D eigenvalue weighted by molar-refractivity contribution is 5.96. The van der Waals surface area contributed by atoms with E-state index < -0.39 is 0 Å². The Bertz CT molecular complexity index is 1000. The molecule has 0 aliphatic carbocycles. The molecule has 0 unspecified atom stereocenters. The van der Waals surface area contributed by atoms with Crippen molar-refractivity contribution in [2.45, 2.75) is 25.9 Å². The van der Waals surface area contributed by atoms with Gasteiger partial charge in [0, 0.05) is 12.1 Å². The molecule has 2 aromatic carbocycles. The standard InChI is InChI=1S/C22H23N5O2/c1-16-24-25-20-15-26(14-19(27(16)20)12-17-8-4-2-5-9-17)21(28)13-23-22(29)18-10-6-3-7-11-18/h2-11,19H,12-15H2,1H3,(H,23,29)/t19-/m1/s1. The second-order valence-electron chi connectivity index (χ2n) is 7.20. The third-order valence-electron chi connectivity index (χ3n) is 5.17. The summed E-state index contributed by atoms with van der Waals surface area (Å²) in [6, 6.07) is 19.1. The van der Waals surface area contributed by atoms with E-state index >= 15 is 0 Å². The molecule has 148 valence electrons. The third kappa shape index (κ3) is 4.18. The van der Waals surface area contributed by atoms with Gasteiger partial charge in [0.25, 0.3) is 5.91 Å². The number of benzene rings is 2. The lowest BCUT2D eigenvalue weighted by molar-refractivity contribution is -0.132. The fourth-order valence-electron chi connectivity index (χ4n) is 3.76. The summed E-state index contributed by atoms with van der Waals surface area (Å²) in [5.41, 5.74) is 1.74. The number of aromatic nitrogens is 3. The van der Waals surface area contributed by atoms with Crippen molar-refractivity contribution in [3.63, 3.8) is 0 Å². The van der Waals surface area contributed by atoms with Crippen molar-refractivity contribution in [1.29, 1.82) is 0 Å². The highest BCUT2D eigenvalue weighted by Crippen LogP contribution is 2.25. The summed E-state index contributed by atoms with van der Waals surface area (Å²) in [7, 11) is 0. The maximum atomic E-state index is 12.8. The molecule has 1 aromatic heterocycles. The number of amides is 2. The Morgan fingerprint density at radius 3 is 2.45 bits per heavy atom. The van der Waals surface area contributed by atoms with Crippen LogP contribution < -0.4 is 5.32 Å². The first kappa shape index (κ1) is 18.9. The van der Waals surface area contributed by atoms with Gasteiger partial charge in [-0.1, -0.05) is 48.5 Å². The van der Waals surface area contributed by atoms with Gasteiger partial charge in [-0.25, -0.2) is 0 Å². The predicted molar refractivity (Wildman–Crippen MR) is 108 cm³/mol. The average molecular weight is 389 g/mol. The zero-order valence-electron chi connectivity index (χ0n) is 16.3. The topological polar surface area (TPSA) is 80.1 Å². The van der Waals surface area contributed by atoms with Crippen LogP contribution in [0.1, 0.15) is 33.6 Å². The van der Waals surface area contributed by atoms with Gasteiger partial charge < -0.3 is 14.8 Å². The first-order chi connectivity index (χ1) is 14.1. The fourth-order valence-corrected chi connectivity index (χ4v) is 3.76. The number of hydrogen-bond acceptors (Lipinski definition) is 4. The van der Waals surface area contributed by atoms with Crippen molar-refractivity contribution < 1.29 is 9.59 Å². The van der Waals surface area contributed by atoms with Crippen LogP contribution in [0.25, 0.3) is 0 Å². The van der Waals surface area contributed by atoms with Gasteiger partial charge in [-0.05, 0) is 31.0 Å². The molecule has 1 atom stereocenters. The van der Waals surface area contributed by atoms with E-state index in [1.165, 1.54) is 5.56 Å². The Labute approximate surface area is 169 Å². The smallest absolute Gasteiger partial charge is 0.251 e. The minimum atomic E-state index is -0.254. The predicted octanol–water partition coefficient (Wildman–Crippen LogP) is 2.14. The van der Waals surface area contributed by atoms with Crippen LogP contribution in [-0.4, -0.2) is 44.6 Å². The second-order valence-corrected chi connectivity index (χ2v) is 7.20. The van der Waals surface area contributed by atoms with Crippen LogP contribution in [-0.2, 0) is 17.8 Å². The SMILES string of the molecule is Cc1nnc2n1[C@H](Cc1ccccc1)CN(C(=O)CNC(=O)c1ccccc1)C2. The minimum Gasteiger partial charge on any atom is -0.343 e. The molecule has 7 nitrogen and oxygen atoms in total. The molecule has 1 aliphatic heterocycles. The van der Waals surface area contributed by atoms with E-state index in [2.05, 4.69) is 32.2 Å². The molecule has 3 aromatic rings. The second kappa shape index (κ2) is 8.26. The number of rotatable bonds is 5. The number of nitrogens with one attached hydrogen (secondary N) is 1. The fraction of sp³-hybridized carbons (Fsp3) is 0.273. The van der Waals surface area contributed by atoms with Crippen molar-refractivity contribution in [2.75, 3.05) is 13.1 Å². The minimum absolute atomic E-state index is 0.0428. The van der Waals surface area contributed by atoms with Crippen molar-refractivity contribution in [3.05, 3.63) is 83.4 Å². The van der Waals surface area contributed by atoms with Crippen LogP contribution in [0, 0.1) is 6.92 Å². The molecule has 4 rings (SSSR count). The molecular formula is C22H23N5O2. The Morgan fingerprint density at radius 2 is 1.72 bits per heavy atom. The van der Waals surface area contributed by atoms with Gasteiger partial charge in [0.2, 0.25) is 5.91 Å². The van der Waals surface area contributed by atoms with Gasteiger partial charge in [0.15, 0.2) is 5.82 Å². The molecule has 0 saturated carbocycles. The van der Waals surface area contributed by atoms with Gasteiger partial charge >= 0.3 is 0 Å². The summed E-state index contributed by atoms with van der Waals surface area (Å²) < 4.78 is 2.12. The Hall–Kier alpha value is -3.48. The Morgan fingerprint density at radius 1 is 1.03 bits per heavy atom. The molecule has 0 radical (unpaired) electrons. The molecule has 2 amide bonds. The van der Waals surface area contributed by atoms with E-state index in [1.54, 1.807) is 29.2 Å². The summed E-state index contributed by atoms with van der Waals surface area (Å²) in [6.45, 7) is 2.85. The van der Waals surface area contributed by atoms with E-state index in [-0.39, 0.29) is 24.4 Å². The lowest BCUT2D eigenvalue weighted by Crippen LogP contribution is -2.46. The Kier molecular flexibility index (Phi) is 5.37. The summed E-state index contributed by atoms with van der Waals surface area (Å²) in [5.74, 6) is 1.25. The molecule has 7 heteroatoms. The maximum absolute atomic E-state index is 12.8. The van der Waals surface area contributed by atoms with Crippen LogP contribution in [0.2, 0.25) is 0 Å². The molecule has 2 heterocycles. The molecule has 0 bridgehead atoms. The summed E-state index contributed by atoms with van der Waals surface area (Å²) in [6.07, 6.45) is 0.785. The molecular weight excluding hydrogens is 366 g/mol. The number of hydrogen-bond donors (Lipinski definition) is 1. The molecule has 0 spiro atoms. The number of nitrogens with zero attached hydrogens (tertiary/aromatic N) is 4.